The Morgan fingerprint density at radius 2 is 2.26 bits per heavy atom. The van der Waals surface area contributed by atoms with E-state index in [-0.39, 0.29) is 12.5 Å². The number of aryl methyl sites for hydroxylation is 1. The number of carbonyl (C=O) groups excluding carboxylic acids is 1. The number of rotatable bonds is 5. The van der Waals surface area contributed by atoms with Crippen LogP contribution < -0.4 is 10.1 Å². The molecule has 100 valence electrons. The molecular weight excluding hydrogens is 268 g/mol. The highest BCUT2D eigenvalue weighted by molar-refractivity contribution is 6.31. The van der Waals surface area contributed by atoms with Gasteiger partial charge in [-0.05, 0) is 23.7 Å². The number of amides is 1. The normalized spacial score (nSPS) is 10.2. The second kappa shape index (κ2) is 6.24. The van der Waals surface area contributed by atoms with E-state index in [4.69, 9.17) is 20.9 Å². The zero-order chi connectivity index (χ0) is 13.7. The van der Waals surface area contributed by atoms with Crippen LogP contribution >= 0.6 is 11.6 Å². The van der Waals surface area contributed by atoms with Crippen molar-refractivity contribution in [1.29, 1.82) is 0 Å². The minimum atomic E-state index is -0.249. The zero-order valence-corrected chi connectivity index (χ0v) is 11.1. The highest BCUT2D eigenvalue weighted by atomic mass is 35.5. The Morgan fingerprint density at radius 1 is 1.47 bits per heavy atom. The lowest BCUT2D eigenvalue weighted by Crippen LogP contribution is -2.28. The van der Waals surface area contributed by atoms with Gasteiger partial charge in [-0.1, -0.05) is 29.8 Å². The quantitative estimate of drug-likeness (QED) is 0.913. The second-order valence-electron chi connectivity index (χ2n) is 3.93. The Hall–Kier alpha value is -2.01. The molecule has 0 atom stereocenters. The third-order valence-electron chi connectivity index (χ3n) is 2.39. The number of nitrogens with one attached hydrogen (secondary N) is 1. The van der Waals surface area contributed by atoms with Crippen LogP contribution in [0.5, 0.6) is 5.88 Å². The molecule has 0 saturated heterocycles. The molecule has 0 aliphatic carbocycles. The molecule has 5 nitrogen and oxygen atoms in total. The van der Waals surface area contributed by atoms with Crippen LogP contribution in [0.4, 0.5) is 0 Å². The summed E-state index contributed by atoms with van der Waals surface area (Å²) in [4.78, 5) is 11.6. The van der Waals surface area contributed by atoms with Crippen molar-refractivity contribution < 1.29 is 14.1 Å². The van der Waals surface area contributed by atoms with Gasteiger partial charge in [0.15, 0.2) is 6.61 Å². The van der Waals surface area contributed by atoms with Crippen molar-refractivity contribution >= 4 is 17.5 Å². The molecule has 0 spiro atoms. The van der Waals surface area contributed by atoms with Gasteiger partial charge in [-0.15, -0.1) is 0 Å². The molecule has 2 aromatic rings. The van der Waals surface area contributed by atoms with Crippen LogP contribution in [0.2, 0.25) is 5.02 Å². The number of halogens is 1. The minimum Gasteiger partial charge on any atom is -0.465 e. The number of aromatic nitrogens is 1. The average Bonchev–Trinajstić information content (AvgIpc) is 2.81. The van der Waals surface area contributed by atoms with Crippen molar-refractivity contribution in [2.24, 2.45) is 0 Å². The predicted octanol–water partition coefficient (Wildman–Crippen LogP) is 2.33. The van der Waals surface area contributed by atoms with Crippen molar-refractivity contribution in [2.45, 2.75) is 13.5 Å². The molecule has 6 heteroatoms. The summed E-state index contributed by atoms with van der Waals surface area (Å²) in [6.07, 6.45) is 0. The summed E-state index contributed by atoms with van der Waals surface area (Å²) in [6.45, 7) is 1.99. The first-order valence-corrected chi connectivity index (χ1v) is 6.09. The monoisotopic (exact) mass is 280 g/mol. The minimum absolute atomic E-state index is 0.115. The highest BCUT2D eigenvalue weighted by Crippen LogP contribution is 2.14. The number of hydrogen-bond acceptors (Lipinski definition) is 4. The van der Waals surface area contributed by atoms with Crippen molar-refractivity contribution in [3.63, 3.8) is 0 Å². The molecule has 1 aromatic carbocycles. The molecule has 0 fully saturated rings. The first-order valence-electron chi connectivity index (χ1n) is 5.71. The standard InChI is InChI=1S/C13H13ClN2O3/c1-9-6-13(16-19-9)18-8-12(17)15-7-10-4-2-3-5-11(10)14/h2-6H,7-8H2,1H3,(H,15,17). The molecule has 0 unspecified atom stereocenters. The van der Waals surface area contributed by atoms with E-state index in [1.807, 2.05) is 18.2 Å². The maximum Gasteiger partial charge on any atom is 0.258 e. The van der Waals surface area contributed by atoms with E-state index in [0.717, 1.165) is 5.56 Å². The molecule has 1 aromatic heterocycles. The summed E-state index contributed by atoms with van der Waals surface area (Å²) in [5, 5.41) is 6.95. The van der Waals surface area contributed by atoms with Gasteiger partial charge < -0.3 is 14.6 Å². The largest absolute Gasteiger partial charge is 0.465 e. The van der Waals surface area contributed by atoms with Crippen LogP contribution in [0.15, 0.2) is 34.9 Å². The molecule has 1 amide bonds. The fourth-order valence-electron chi connectivity index (χ4n) is 1.44. The summed E-state index contributed by atoms with van der Waals surface area (Å²) in [5.74, 6) is 0.678. The predicted molar refractivity (Wildman–Crippen MR) is 70.0 cm³/mol. The van der Waals surface area contributed by atoms with E-state index < -0.39 is 0 Å². The highest BCUT2D eigenvalue weighted by Gasteiger charge is 2.06. The number of benzene rings is 1. The number of ether oxygens (including phenoxy) is 1. The lowest BCUT2D eigenvalue weighted by Gasteiger charge is -2.06. The van der Waals surface area contributed by atoms with E-state index in [0.29, 0.717) is 23.2 Å². The Balaban J connectivity index is 1.77. The molecular formula is C13H13ClN2O3. The lowest BCUT2D eigenvalue weighted by atomic mass is 10.2. The van der Waals surface area contributed by atoms with Crippen LogP contribution in [0.25, 0.3) is 0 Å². The average molecular weight is 281 g/mol. The summed E-state index contributed by atoms with van der Waals surface area (Å²) in [5.41, 5.74) is 0.856. The maximum atomic E-state index is 11.6. The zero-order valence-electron chi connectivity index (χ0n) is 10.4. The summed E-state index contributed by atoms with van der Waals surface area (Å²) in [7, 11) is 0. The molecule has 19 heavy (non-hydrogen) atoms. The van der Waals surface area contributed by atoms with E-state index in [9.17, 15) is 4.79 Å². The van der Waals surface area contributed by atoms with Gasteiger partial charge in [-0.3, -0.25) is 4.79 Å². The van der Waals surface area contributed by atoms with E-state index >= 15 is 0 Å². The van der Waals surface area contributed by atoms with Crippen molar-refractivity contribution in [2.75, 3.05) is 6.61 Å². The molecule has 0 saturated carbocycles. The van der Waals surface area contributed by atoms with Crippen molar-refractivity contribution in [3.8, 4) is 5.88 Å². The molecule has 2 rings (SSSR count). The number of nitrogens with zero attached hydrogens (tertiary/aromatic N) is 1. The van der Waals surface area contributed by atoms with Gasteiger partial charge in [0.2, 0.25) is 0 Å². The van der Waals surface area contributed by atoms with Gasteiger partial charge in [0.05, 0.1) is 0 Å². The Kier molecular flexibility index (Phi) is 4.41. The maximum absolute atomic E-state index is 11.6. The van der Waals surface area contributed by atoms with Gasteiger partial charge in [0.25, 0.3) is 11.8 Å². The van der Waals surface area contributed by atoms with Gasteiger partial charge in [0.1, 0.15) is 5.76 Å². The summed E-state index contributed by atoms with van der Waals surface area (Å²) >= 11 is 5.98. The summed E-state index contributed by atoms with van der Waals surface area (Å²) < 4.78 is 9.98. The molecule has 0 radical (unpaired) electrons. The number of hydrogen-bond donors (Lipinski definition) is 1. The van der Waals surface area contributed by atoms with Crippen LogP contribution in [0.1, 0.15) is 11.3 Å². The van der Waals surface area contributed by atoms with Crippen molar-refractivity contribution in [3.05, 3.63) is 46.7 Å². The molecule has 1 heterocycles. The van der Waals surface area contributed by atoms with Crippen LogP contribution in [0.3, 0.4) is 0 Å². The third-order valence-corrected chi connectivity index (χ3v) is 2.76. The first kappa shape index (κ1) is 13.4. The fourth-order valence-corrected chi connectivity index (χ4v) is 1.64. The van der Waals surface area contributed by atoms with E-state index in [1.54, 1.807) is 19.1 Å². The van der Waals surface area contributed by atoms with E-state index in [1.165, 1.54) is 0 Å². The van der Waals surface area contributed by atoms with Crippen LogP contribution in [-0.4, -0.2) is 17.7 Å². The van der Waals surface area contributed by atoms with Crippen molar-refractivity contribution in [1.82, 2.24) is 10.5 Å². The van der Waals surface area contributed by atoms with Crippen LogP contribution in [-0.2, 0) is 11.3 Å². The van der Waals surface area contributed by atoms with Crippen LogP contribution in [0, 0.1) is 6.92 Å². The molecule has 1 N–H and O–H groups in total. The molecule has 0 aliphatic rings. The Labute approximate surface area is 115 Å². The van der Waals surface area contributed by atoms with Gasteiger partial charge in [-0.25, -0.2) is 0 Å². The lowest BCUT2D eigenvalue weighted by molar-refractivity contribution is -0.123. The van der Waals surface area contributed by atoms with E-state index in [2.05, 4.69) is 10.5 Å². The van der Waals surface area contributed by atoms with Gasteiger partial charge >= 0.3 is 0 Å². The fraction of sp³-hybridized carbons (Fsp3) is 0.231. The molecule has 0 bridgehead atoms. The third kappa shape index (κ3) is 3.99. The Morgan fingerprint density at radius 3 is 2.95 bits per heavy atom. The topological polar surface area (TPSA) is 64.4 Å². The van der Waals surface area contributed by atoms with Gasteiger partial charge in [0, 0.05) is 17.6 Å². The van der Waals surface area contributed by atoms with Gasteiger partial charge in [-0.2, -0.15) is 0 Å². The number of carbonyl (C=O) groups is 1. The summed E-state index contributed by atoms with van der Waals surface area (Å²) in [6, 6.07) is 8.94. The molecule has 0 aliphatic heterocycles. The SMILES string of the molecule is Cc1cc(OCC(=O)NCc2ccccc2Cl)no1. The smallest absolute Gasteiger partial charge is 0.258 e. The Bertz CT molecular complexity index is 569. The first-order chi connectivity index (χ1) is 9.15. The second-order valence-corrected chi connectivity index (χ2v) is 4.34.